The van der Waals surface area contributed by atoms with Gasteiger partial charge < -0.3 is 15.8 Å². The Kier molecular flexibility index (Phi) is 10.9. The van der Waals surface area contributed by atoms with Gasteiger partial charge in [0, 0.05) is 25.2 Å². The third-order valence-corrected chi connectivity index (χ3v) is 3.27. The first-order chi connectivity index (χ1) is 7.97. The Bertz CT molecular complexity index is 265. The number of nitrogens with one attached hydrogen (secondary N) is 1. The second-order valence-corrected chi connectivity index (χ2v) is 5.16. The summed E-state index contributed by atoms with van der Waals surface area (Å²) in [6.45, 7) is 10.2. The summed E-state index contributed by atoms with van der Waals surface area (Å²) < 4.78 is 5.45. The Morgan fingerprint density at radius 1 is 1.47 bits per heavy atom. The molecule has 1 fully saturated rings. The van der Waals surface area contributed by atoms with Crippen molar-refractivity contribution < 1.29 is 9.53 Å². The van der Waals surface area contributed by atoms with Crippen molar-refractivity contribution in [1.29, 1.82) is 0 Å². The van der Waals surface area contributed by atoms with Crippen LogP contribution in [-0.2, 0) is 9.53 Å². The van der Waals surface area contributed by atoms with Gasteiger partial charge in [-0.05, 0) is 20.3 Å². The van der Waals surface area contributed by atoms with Crippen molar-refractivity contribution in [3.63, 3.8) is 0 Å². The summed E-state index contributed by atoms with van der Waals surface area (Å²) in [7, 11) is 0. The number of carbonyl (C=O) groups excluding carboxylic acids is 1. The van der Waals surface area contributed by atoms with Gasteiger partial charge in [0.1, 0.15) is 0 Å². The molecule has 19 heavy (non-hydrogen) atoms. The molecule has 1 heterocycles. The van der Waals surface area contributed by atoms with Crippen LogP contribution >= 0.6 is 24.8 Å². The smallest absolute Gasteiger partial charge is 0.236 e. The van der Waals surface area contributed by atoms with Gasteiger partial charge in [-0.15, -0.1) is 24.8 Å². The molecule has 3 N–H and O–H groups in total. The maximum absolute atomic E-state index is 11.5. The lowest BCUT2D eigenvalue weighted by molar-refractivity contribution is -0.122. The van der Waals surface area contributed by atoms with Crippen molar-refractivity contribution in [2.45, 2.75) is 38.8 Å². The van der Waals surface area contributed by atoms with E-state index in [1.807, 2.05) is 6.92 Å². The van der Waals surface area contributed by atoms with E-state index in [4.69, 9.17) is 10.5 Å². The fraction of sp³-hybridized carbons (Fsp3) is 0.917. The molecule has 116 valence electrons. The molecule has 0 saturated carbocycles. The second kappa shape index (κ2) is 9.77. The molecule has 0 unspecified atom stereocenters. The topological polar surface area (TPSA) is 67.6 Å². The van der Waals surface area contributed by atoms with Gasteiger partial charge in [0.2, 0.25) is 5.91 Å². The molecule has 0 aliphatic carbocycles. The van der Waals surface area contributed by atoms with E-state index in [9.17, 15) is 4.79 Å². The fourth-order valence-electron chi connectivity index (χ4n) is 1.94. The maximum atomic E-state index is 11.5. The van der Waals surface area contributed by atoms with E-state index >= 15 is 0 Å². The summed E-state index contributed by atoms with van der Waals surface area (Å²) in [6, 6.07) is -0.382. The van der Waals surface area contributed by atoms with Gasteiger partial charge in [0.25, 0.3) is 0 Å². The molecule has 5 nitrogen and oxygen atoms in total. The Morgan fingerprint density at radius 2 is 2.11 bits per heavy atom. The molecular formula is C12H27Cl2N3O2. The van der Waals surface area contributed by atoms with Crippen LogP contribution in [0.15, 0.2) is 0 Å². The highest BCUT2D eigenvalue weighted by atomic mass is 35.5. The van der Waals surface area contributed by atoms with Crippen molar-refractivity contribution >= 4 is 30.7 Å². The van der Waals surface area contributed by atoms with Crippen LogP contribution in [0.2, 0.25) is 0 Å². The zero-order chi connectivity index (χ0) is 12.9. The fourth-order valence-corrected chi connectivity index (χ4v) is 1.94. The molecule has 1 aliphatic heterocycles. The second-order valence-electron chi connectivity index (χ2n) is 5.16. The average molecular weight is 316 g/mol. The number of halogens is 2. The molecule has 1 atom stereocenters. The van der Waals surface area contributed by atoms with Gasteiger partial charge in [0.15, 0.2) is 0 Å². The van der Waals surface area contributed by atoms with Crippen LogP contribution in [0.5, 0.6) is 0 Å². The van der Waals surface area contributed by atoms with Crippen LogP contribution < -0.4 is 11.1 Å². The molecule has 1 rings (SSSR count). The quantitative estimate of drug-likeness (QED) is 0.787. The van der Waals surface area contributed by atoms with Gasteiger partial charge in [-0.25, -0.2) is 0 Å². The van der Waals surface area contributed by atoms with Crippen LogP contribution in [0.4, 0.5) is 0 Å². The summed E-state index contributed by atoms with van der Waals surface area (Å²) in [5.41, 5.74) is 5.69. The highest BCUT2D eigenvalue weighted by molar-refractivity contribution is 5.85. The minimum atomic E-state index is -0.382. The normalized spacial score (nSPS) is 19.8. The Labute approximate surface area is 128 Å². The number of nitrogens with two attached hydrogens (primary N) is 1. The zero-order valence-electron chi connectivity index (χ0n) is 12.0. The Morgan fingerprint density at radius 3 is 2.63 bits per heavy atom. The molecule has 1 aliphatic rings. The SMILES string of the molecule is CC[C@H](N)C(=O)NCCN1CCOCC1(C)C.Cl.Cl. The standard InChI is InChI=1S/C12H25N3O2.2ClH/c1-4-10(13)11(16)14-5-6-15-7-8-17-9-12(15,2)3;;/h10H,4-9,13H2,1-3H3,(H,14,16);2*1H/t10-;;/m0../s1. The number of amides is 1. The third-order valence-electron chi connectivity index (χ3n) is 3.27. The van der Waals surface area contributed by atoms with E-state index < -0.39 is 0 Å². The number of morpholine rings is 1. The van der Waals surface area contributed by atoms with E-state index in [1.165, 1.54) is 0 Å². The third kappa shape index (κ3) is 6.77. The predicted molar refractivity (Wildman–Crippen MR) is 82.2 cm³/mol. The predicted octanol–water partition coefficient (Wildman–Crippen LogP) is 0.794. The molecule has 0 radical (unpaired) electrons. The van der Waals surface area contributed by atoms with Crippen molar-refractivity contribution in [3.8, 4) is 0 Å². The zero-order valence-corrected chi connectivity index (χ0v) is 13.6. The van der Waals surface area contributed by atoms with Crippen molar-refractivity contribution in [3.05, 3.63) is 0 Å². The number of hydrogen-bond acceptors (Lipinski definition) is 4. The summed E-state index contributed by atoms with van der Waals surface area (Å²) >= 11 is 0. The first-order valence-corrected chi connectivity index (χ1v) is 6.33. The van der Waals surface area contributed by atoms with Crippen LogP contribution in [0.25, 0.3) is 0 Å². The van der Waals surface area contributed by atoms with Gasteiger partial charge in [-0.2, -0.15) is 0 Å². The number of rotatable bonds is 5. The largest absolute Gasteiger partial charge is 0.378 e. The molecule has 7 heteroatoms. The minimum absolute atomic E-state index is 0. The highest BCUT2D eigenvalue weighted by Gasteiger charge is 2.29. The van der Waals surface area contributed by atoms with E-state index in [2.05, 4.69) is 24.1 Å². The highest BCUT2D eigenvalue weighted by Crippen LogP contribution is 2.17. The molecule has 0 aromatic rings. The Balaban J connectivity index is 0. The van der Waals surface area contributed by atoms with Gasteiger partial charge in [-0.1, -0.05) is 6.92 Å². The molecule has 0 aromatic carbocycles. The van der Waals surface area contributed by atoms with Crippen LogP contribution in [0.1, 0.15) is 27.2 Å². The van der Waals surface area contributed by atoms with Crippen molar-refractivity contribution in [1.82, 2.24) is 10.2 Å². The maximum Gasteiger partial charge on any atom is 0.236 e. The van der Waals surface area contributed by atoms with Gasteiger partial charge >= 0.3 is 0 Å². The monoisotopic (exact) mass is 315 g/mol. The lowest BCUT2D eigenvalue weighted by atomic mass is 10.0. The molecular weight excluding hydrogens is 289 g/mol. The summed E-state index contributed by atoms with van der Waals surface area (Å²) in [4.78, 5) is 13.8. The van der Waals surface area contributed by atoms with Gasteiger partial charge in [0.05, 0.1) is 19.3 Å². The number of carbonyl (C=O) groups is 1. The van der Waals surface area contributed by atoms with Crippen LogP contribution in [0.3, 0.4) is 0 Å². The van der Waals surface area contributed by atoms with Crippen molar-refractivity contribution in [2.75, 3.05) is 32.8 Å². The van der Waals surface area contributed by atoms with Gasteiger partial charge in [-0.3, -0.25) is 9.69 Å². The van der Waals surface area contributed by atoms with E-state index in [1.54, 1.807) is 0 Å². The molecule has 0 spiro atoms. The lowest BCUT2D eigenvalue weighted by Crippen LogP contribution is -2.55. The molecule has 0 aromatic heterocycles. The van der Waals surface area contributed by atoms with E-state index in [-0.39, 0.29) is 42.3 Å². The number of ether oxygens (including phenoxy) is 1. The first kappa shape index (κ1) is 21.2. The summed E-state index contributed by atoms with van der Waals surface area (Å²) in [5.74, 6) is -0.0569. The van der Waals surface area contributed by atoms with Crippen molar-refractivity contribution in [2.24, 2.45) is 5.73 Å². The minimum Gasteiger partial charge on any atom is -0.378 e. The van der Waals surface area contributed by atoms with Crippen LogP contribution in [-0.4, -0.2) is 55.2 Å². The average Bonchev–Trinajstić information content (AvgIpc) is 2.29. The number of nitrogens with zero attached hydrogens (tertiary/aromatic N) is 1. The van der Waals surface area contributed by atoms with E-state index in [0.717, 1.165) is 26.3 Å². The number of hydrogen-bond donors (Lipinski definition) is 2. The summed E-state index contributed by atoms with van der Waals surface area (Å²) in [5, 5.41) is 2.87. The molecule has 0 bridgehead atoms. The van der Waals surface area contributed by atoms with E-state index in [0.29, 0.717) is 13.0 Å². The Hall–Kier alpha value is -0.0700. The molecule has 1 saturated heterocycles. The van der Waals surface area contributed by atoms with Crippen LogP contribution in [0, 0.1) is 0 Å². The summed E-state index contributed by atoms with van der Waals surface area (Å²) in [6.07, 6.45) is 0.675. The first-order valence-electron chi connectivity index (χ1n) is 6.33. The lowest BCUT2D eigenvalue weighted by Gasteiger charge is -2.42. The molecule has 1 amide bonds.